The van der Waals surface area contributed by atoms with Crippen LogP contribution >= 0.6 is 11.3 Å². The van der Waals surface area contributed by atoms with Gasteiger partial charge in [-0.05, 0) is 63.1 Å². The van der Waals surface area contributed by atoms with Gasteiger partial charge < -0.3 is 10.2 Å². The maximum absolute atomic E-state index is 16.3. The second-order valence-electron chi connectivity index (χ2n) is 12.3. The first-order chi connectivity index (χ1) is 22.9. The van der Waals surface area contributed by atoms with Crippen LogP contribution in [0.2, 0.25) is 0 Å². The van der Waals surface area contributed by atoms with E-state index in [1.165, 1.54) is 23.5 Å². The number of benzene rings is 2. The summed E-state index contributed by atoms with van der Waals surface area (Å²) in [4.78, 5) is 17.8. The van der Waals surface area contributed by atoms with Gasteiger partial charge in [-0.15, -0.1) is 0 Å². The lowest BCUT2D eigenvalue weighted by Gasteiger charge is -2.38. The minimum absolute atomic E-state index is 0.0376. The molecule has 254 valence electrons. The molecule has 3 aliphatic heterocycles. The van der Waals surface area contributed by atoms with Gasteiger partial charge in [-0.25, -0.2) is 45.0 Å². The Morgan fingerprint density at radius 2 is 1.58 bits per heavy atom. The standard InChI is InChI=1S/C31H32F3N7O4S3/c1-40-19-8-9-20(40)17-41(16-19)31-38-27(28(46-31)25-10-13-35-30(37-25)36-18-11-14-47(42,43)15-12-18)21-4-2-7-24(26(21)34)39-48(44,45)29-22(32)5-3-6-23(29)33/h2-7,10,13,18-20,39H,8-9,11-12,14-17H2,1H3,(H,35,36,37). The molecule has 2 aromatic heterocycles. The first kappa shape index (κ1) is 32.7. The van der Waals surface area contributed by atoms with Gasteiger partial charge in [0.2, 0.25) is 5.95 Å². The molecule has 0 aliphatic carbocycles. The van der Waals surface area contributed by atoms with Crippen LogP contribution in [0, 0.1) is 17.5 Å². The van der Waals surface area contributed by atoms with E-state index in [4.69, 9.17) is 9.97 Å². The number of sulfonamides is 1. The van der Waals surface area contributed by atoms with Crippen molar-refractivity contribution in [1.29, 1.82) is 0 Å². The fourth-order valence-corrected chi connectivity index (χ4v) is 10.3. The molecule has 4 aromatic rings. The number of fused-ring (bicyclic) bond motifs is 2. The zero-order chi connectivity index (χ0) is 33.8. The number of hydrogen-bond acceptors (Lipinski definition) is 11. The number of nitrogens with one attached hydrogen (secondary N) is 2. The van der Waals surface area contributed by atoms with Gasteiger partial charge >= 0.3 is 0 Å². The topological polar surface area (TPSA) is 137 Å². The zero-order valence-electron chi connectivity index (χ0n) is 25.7. The summed E-state index contributed by atoms with van der Waals surface area (Å²) in [7, 11) is -5.79. The maximum Gasteiger partial charge on any atom is 0.267 e. The molecule has 2 aromatic carbocycles. The molecule has 2 bridgehead atoms. The molecule has 17 heteroatoms. The Balaban J connectivity index is 1.27. The van der Waals surface area contributed by atoms with E-state index in [2.05, 4.69) is 27.1 Å². The van der Waals surface area contributed by atoms with Gasteiger partial charge in [-0.3, -0.25) is 9.62 Å². The SMILES string of the molecule is CN1C2CCC1CN(c1nc(-c3cccc(NS(=O)(=O)c4c(F)cccc4F)c3F)c(-c3ccnc(NC4CCS(=O)(=O)CC4)n3)s1)C2. The van der Waals surface area contributed by atoms with Crippen molar-refractivity contribution in [3.05, 3.63) is 66.1 Å². The molecule has 3 aliphatic rings. The van der Waals surface area contributed by atoms with Gasteiger partial charge in [0.1, 0.15) is 21.5 Å². The minimum atomic E-state index is -4.85. The zero-order valence-corrected chi connectivity index (χ0v) is 28.2. The number of sulfone groups is 1. The fraction of sp³-hybridized carbons (Fsp3) is 0.387. The molecule has 2 N–H and O–H groups in total. The third kappa shape index (κ3) is 6.35. The summed E-state index contributed by atoms with van der Waals surface area (Å²) in [5, 5.41) is 3.87. The lowest BCUT2D eigenvalue weighted by atomic mass is 10.1. The molecular weight excluding hydrogens is 688 g/mol. The number of thiazole rings is 1. The number of hydrogen-bond donors (Lipinski definition) is 2. The molecule has 0 amide bonds. The third-order valence-corrected chi connectivity index (χ3v) is 13.5. The average Bonchev–Trinajstić information content (AvgIpc) is 3.54. The summed E-state index contributed by atoms with van der Waals surface area (Å²) in [6.07, 6.45) is 4.51. The van der Waals surface area contributed by atoms with Crippen LogP contribution < -0.4 is 14.9 Å². The summed E-state index contributed by atoms with van der Waals surface area (Å²) in [5.74, 6) is -3.18. The third-order valence-electron chi connectivity index (χ3n) is 9.20. The van der Waals surface area contributed by atoms with Gasteiger partial charge in [0, 0.05) is 43.0 Å². The summed E-state index contributed by atoms with van der Waals surface area (Å²) in [6, 6.07) is 8.91. The van der Waals surface area contributed by atoms with Crippen molar-refractivity contribution < 1.29 is 30.0 Å². The first-order valence-corrected chi connectivity index (χ1v) is 19.5. The minimum Gasteiger partial charge on any atom is -0.351 e. The molecule has 3 saturated heterocycles. The van der Waals surface area contributed by atoms with E-state index in [-0.39, 0.29) is 34.8 Å². The Morgan fingerprint density at radius 3 is 2.27 bits per heavy atom. The number of likely N-dealkylation sites (N-methyl/N-ethyl adjacent to an activating group) is 1. The van der Waals surface area contributed by atoms with Crippen LogP contribution in [0.1, 0.15) is 25.7 Å². The molecule has 2 atom stereocenters. The molecule has 0 saturated carbocycles. The Hall–Kier alpha value is -3.80. The van der Waals surface area contributed by atoms with Crippen molar-refractivity contribution in [3.63, 3.8) is 0 Å². The van der Waals surface area contributed by atoms with Gasteiger partial charge in [0.15, 0.2) is 15.8 Å². The van der Waals surface area contributed by atoms with E-state index in [0.29, 0.717) is 40.6 Å². The van der Waals surface area contributed by atoms with Gasteiger partial charge in [-0.1, -0.05) is 23.5 Å². The number of halogens is 3. The van der Waals surface area contributed by atoms with Crippen LogP contribution in [-0.2, 0) is 19.9 Å². The van der Waals surface area contributed by atoms with Gasteiger partial charge in [-0.2, -0.15) is 0 Å². The largest absolute Gasteiger partial charge is 0.351 e. The Labute approximate surface area is 280 Å². The van der Waals surface area contributed by atoms with Crippen LogP contribution in [0.3, 0.4) is 0 Å². The van der Waals surface area contributed by atoms with Crippen molar-refractivity contribution in [2.45, 2.75) is 48.7 Å². The summed E-state index contributed by atoms with van der Waals surface area (Å²) in [6.45, 7) is 1.47. The first-order valence-electron chi connectivity index (χ1n) is 15.4. The highest BCUT2D eigenvalue weighted by atomic mass is 32.2. The van der Waals surface area contributed by atoms with Gasteiger partial charge in [0.05, 0.1) is 33.5 Å². The number of anilines is 3. The molecule has 3 fully saturated rings. The molecule has 0 radical (unpaired) electrons. The van der Waals surface area contributed by atoms with Crippen molar-refractivity contribution >= 4 is 48.0 Å². The Morgan fingerprint density at radius 1 is 0.917 bits per heavy atom. The predicted molar refractivity (Wildman–Crippen MR) is 178 cm³/mol. The lowest BCUT2D eigenvalue weighted by Crippen LogP contribution is -2.52. The van der Waals surface area contributed by atoms with Crippen LogP contribution in [0.25, 0.3) is 21.8 Å². The van der Waals surface area contributed by atoms with Crippen molar-refractivity contribution in [2.24, 2.45) is 0 Å². The van der Waals surface area contributed by atoms with E-state index >= 15 is 4.39 Å². The van der Waals surface area contributed by atoms with E-state index in [0.717, 1.165) is 50.2 Å². The normalized spacial score (nSPS) is 21.4. The molecule has 0 spiro atoms. The highest BCUT2D eigenvalue weighted by Gasteiger charge is 2.39. The smallest absolute Gasteiger partial charge is 0.267 e. The second-order valence-corrected chi connectivity index (χ2v) is 17.2. The molecule has 7 rings (SSSR count). The summed E-state index contributed by atoms with van der Waals surface area (Å²) in [5.41, 5.74) is 0.103. The van der Waals surface area contributed by atoms with Crippen molar-refractivity contribution in [3.8, 4) is 21.8 Å². The highest BCUT2D eigenvalue weighted by molar-refractivity contribution is 7.92. The van der Waals surface area contributed by atoms with Crippen LogP contribution in [0.5, 0.6) is 0 Å². The van der Waals surface area contributed by atoms with Crippen molar-refractivity contribution in [2.75, 3.05) is 46.6 Å². The number of nitrogens with zero attached hydrogens (tertiary/aromatic N) is 5. The predicted octanol–water partition coefficient (Wildman–Crippen LogP) is 4.76. The Kier molecular flexibility index (Phi) is 8.58. The monoisotopic (exact) mass is 719 g/mol. The molecule has 5 heterocycles. The number of rotatable bonds is 8. The molecule has 11 nitrogen and oxygen atoms in total. The summed E-state index contributed by atoms with van der Waals surface area (Å²) >= 11 is 1.32. The van der Waals surface area contributed by atoms with Crippen LogP contribution in [-0.4, -0.2) is 86.5 Å². The Bertz CT molecular complexity index is 2050. The van der Waals surface area contributed by atoms with Crippen LogP contribution in [0.15, 0.2) is 53.6 Å². The number of aromatic nitrogens is 3. The van der Waals surface area contributed by atoms with Crippen LogP contribution in [0.4, 0.5) is 29.9 Å². The average molecular weight is 720 g/mol. The quantitative estimate of drug-likeness (QED) is 0.262. The number of piperazine rings is 1. The molecular formula is C31H32F3N7O4S3. The molecule has 48 heavy (non-hydrogen) atoms. The van der Waals surface area contributed by atoms with E-state index in [1.807, 2.05) is 4.72 Å². The second kappa shape index (κ2) is 12.6. The van der Waals surface area contributed by atoms with E-state index in [1.54, 1.807) is 12.3 Å². The van der Waals surface area contributed by atoms with E-state index in [9.17, 15) is 25.6 Å². The van der Waals surface area contributed by atoms with Crippen molar-refractivity contribution in [1.82, 2.24) is 19.9 Å². The van der Waals surface area contributed by atoms with E-state index < -0.39 is 47.9 Å². The lowest BCUT2D eigenvalue weighted by molar-refractivity contribution is 0.212. The maximum atomic E-state index is 16.3. The highest BCUT2D eigenvalue weighted by Crippen LogP contribution is 2.43. The molecule has 2 unspecified atom stereocenters. The van der Waals surface area contributed by atoms with Gasteiger partial charge in [0.25, 0.3) is 10.0 Å². The summed E-state index contributed by atoms with van der Waals surface area (Å²) < 4.78 is 97.0. The fourth-order valence-electron chi connectivity index (χ4n) is 6.57.